The fraction of sp³-hybridized carbons (Fsp3) is 0.333. The zero-order chi connectivity index (χ0) is 17.1. The highest BCUT2D eigenvalue weighted by atomic mass is 19.1. The molecular weight excluding hydrogens is 319 g/mol. The molecule has 1 amide bonds. The van der Waals surface area contributed by atoms with Crippen LogP contribution in [0.4, 0.5) is 4.39 Å². The number of ether oxygens (including phenoxy) is 1. The van der Waals surface area contributed by atoms with Gasteiger partial charge in [0.25, 0.3) is 5.91 Å². The predicted molar refractivity (Wildman–Crippen MR) is 78.8 cm³/mol. The second-order valence-corrected chi connectivity index (χ2v) is 5.38. The van der Waals surface area contributed by atoms with Gasteiger partial charge in [0.05, 0.1) is 25.9 Å². The molecule has 0 radical (unpaired) electrons. The van der Waals surface area contributed by atoms with E-state index in [9.17, 15) is 14.0 Å². The molecule has 0 unspecified atom stereocenters. The maximum absolute atomic E-state index is 13.2. The number of benzene rings is 1. The SMILES string of the molecule is O=C(O)[C@@H]1CN(C(=O)c2cn(Cc3cccc(F)c3)nn2)CCO1. The van der Waals surface area contributed by atoms with Gasteiger partial charge in [-0.05, 0) is 17.7 Å². The smallest absolute Gasteiger partial charge is 0.334 e. The lowest BCUT2D eigenvalue weighted by Crippen LogP contribution is -2.48. The highest BCUT2D eigenvalue weighted by molar-refractivity contribution is 5.92. The van der Waals surface area contributed by atoms with Crippen LogP contribution >= 0.6 is 0 Å². The molecule has 0 saturated carbocycles. The van der Waals surface area contributed by atoms with E-state index in [1.165, 1.54) is 27.9 Å². The number of nitrogens with zero attached hydrogens (tertiary/aromatic N) is 4. The van der Waals surface area contributed by atoms with E-state index in [-0.39, 0.29) is 31.2 Å². The van der Waals surface area contributed by atoms with Gasteiger partial charge in [0.2, 0.25) is 0 Å². The van der Waals surface area contributed by atoms with E-state index < -0.39 is 18.0 Å². The van der Waals surface area contributed by atoms with Gasteiger partial charge in [-0.15, -0.1) is 5.10 Å². The molecule has 1 aromatic carbocycles. The standard InChI is InChI=1S/C15H15FN4O4/c16-11-3-1-2-10(6-11)7-20-8-12(17-18-20)14(21)19-4-5-24-13(9-19)15(22)23/h1-3,6,8,13H,4-5,7,9H2,(H,22,23)/t13-/m0/s1. The van der Waals surface area contributed by atoms with Gasteiger partial charge in [0, 0.05) is 6.54 Å². The molecule has 2 heterocycles. The van der Waals surface area contributed by atoms with Crippen LogP contribution in [0.2, 0.25) is 0 Å². The van der Waals surface area contributed by atoms with Gasteiger partial charge < -0.3 is 14.7 Å². The van der Waals surface area contributed by atoms with E-state index in [0.717, 1.165) is 0 Å². The summed E-state index contributed by atoms with van der Waals surface area (Å²) in [5, 5.41) is 16.7. The first-order valence-electron chi connectivity index (χ1n) is 7.31. The largest absolute Gasteiger partial charge is 0.479 e. The van der Waals surface area contributed by atoms with Crippen LogP contribution in [0.1, 0.15) is 16.1 Å². The van der Waals surface area contributed by atoms with Crippen LogP contribution in [0.5, 0.6) is 0 Å². The molecule has 1 aliphatic rings. The molecule has 2 aromatic rings. The van der Waals surface area contributed by atoms with Crippen molar-refractivity contribution in [2.75, 3.05) is 19.7 Å². The van der Waals surface area contributed by atoms with Crippen LogP contribution in [0.25, 0.3) is 0 Å². The lowest BCUT2D eigenvalue weighted by Gasteiger charge is -2.30. The van der Waals surface area contributed by atoms with Crippen molar-refractivity contribution in [3.05, 3.63) is 47.5 Å². The fourth-order valence-corrected chi connectivity index (χ4v) is 2.44. The van der Waals surface area contributed by atoms with Crippen LogP contribution in [0, 0.1) is 5.82 Å². The molecule has 9 heteroatoms. The number of morpholine rings is 1. The Balaban J connectivity index is 1.68. The third kappa shape index (κ3) is 3.57. The summed E-state index contributed by atoms with van der Waals surface area (Å²) < 4.78 is 19.7. The van der Waals surface area contributed by atoms with E-state index in [4.69, 9.17) is 9.84 Å². The average molecular weight is 334 g/mol. The topological polar surface area (TPSA) is 97.6 Å². The Bertz CT molecular complexity index is 763. The first kappa shape index (κ1) is 16.1. The molecule has 24 heavy (non-hydrogen) atoms. The Morgan fingerprint density at radius 2 is 2.25 bits per heavy atom. The van der Waals surface area contributed by atoms with Gasteiger partial charge in [-0.3, -0.25) is 4.79 Å². The molecule has 1 aromatic heterocycles. The minimum atomic E-state index is -1.11. The molecule has 1 fully saturated rings. The van der Waals surface area contributed by atoms with Crippen molar-refractivity contribution in [1.82, 2.24) is 19.9 Å². The van der Waals surface area contributed by atoms with Gasteiger partial charge in [0.15, 0.2) is 11.8 Å². The summed E-state index contributed by atoms with van der Waals surface area (Å²) in [6, 6.07) is 6.05. The number of halogens is 1. The van der Waals surface area contributed by atoms with E-state index >= 15 is 0 Å². The number of carboxylic acids is 1. The van der Waals surface area contributed by atoms with Crippen molar-refractivity contribution >= 4 is 11.9 Å². The first-order valence-corrected chi connectivity index (χ1v) is 7.31. The number of aromatic nitrogens is 3. The molecule has 0 spiro atoms. The number of amides is 1. The van der Waals surface area contributed by atoms with Crippen molar-refractivity contribution in [2.24, 2.45) is 0 Å². The number of carboxylic acid groups (broad SMARTS) is 1. The summed E-state index contributed by atoms with van der Waals surface area (Å²) in [5.74, 6) is -1.87. The summed E-state index contributed by atoms with van der Waals surface area (Å²) in [5.41, 5.74) is 0.800. The number of rotatable bonds is 4. The zero-order valence-corrected chi connectivity index (χ0v) is 12.6. The number of carbonyl (C=O) groups is 2. The summed E-state index contributed by atoms with van der Waals surface area (Å²) in [7, 11) is 0. The Kier molecular flexibility index (Phi) is 4.52. The van der Waals surface area contributed by atoms with Crippen molar-refractivity contribution in [3.8, 4) is 0 Å². The minimum absolute atomic E-state index is 0.0368. The predicted octanol–water partition coefficient (Wildman–Crippen LogP) is 0.391. The lowest BCUT2D eigenvalue weighted by molar-refractivity contribution is -0.154. The molecule has 0 bridgehead atoms. The van der Waals surface area contributed by atoms with Crippen molar-refractivity contribution < 1.29 is 23.8 Å². The molecule has 3 rings (SSSR count). The Morgan fingerprint density at radius 3 is 3.00 bits per heavy atom. The second-order valence-electron chi connectivity index (χ2n) is 5.38. The average Bonchev–Trinajstić information content (AvgIpc) is 3.02. The van der Waals surface area contributed by atoms with Crippen LogP contribution in [0.15, 0.2) is 30.5 Å². The van der Waals surface area contributed by atoms with Gasteiger partial charge >= 0.3 is 5.97 Å². The number of hydrogen-bond donors (Lipinski definition) is 1. The van der Waals surface area contributed by atoms with Gasteiger partial charge in [-0.25, -0.2) is 13.9 Å². The van der Waals surface area contributed by atoms with Crippen LogP contribution in [0.3, 0.4) is 0 Å². The molecule has 1 aliphatic heterocycles. The maximum Gasteiger partial charge on any atom is 0.334 e. The maximum atomic E-state index is 13.2. The normalized spacial score (nSPS) is 17.7. The van der Waals surface area contributed by atoms with E-state index in [1.807, 2.05) is 0 Å². The molecule has 1 atom stereocenters. The highest BCUT2D eigenvalue weighted by Crippen LogP contribution is 2.10. The Hall–Kier alpha value is -2.81. The first-order chi connectivity index (χ1) is 11.5. The summed E-state index contributed by atoms with van der Waals surface area (Å²) >= 11 is 0. The van der Waals surface area contributed by atoms with E-state index in [2.05, 4.69) is 10.3 Å². The number of aliphatic carboxylic acids is 1. The zero-order valence-electron chi connectivity index (χ0n) is 12.6. The van der Waals surface area contributed by atoms with Gasteiger partial charge in [-0.2, -0.15) is 0 Å². The molecule has 8 nitrogen and oxygen atoms in total. The third-order valence-corrected chi connectivity index (χ3v) is 3.62. The molecule has 126 valence electrons. The molecule has 1 saturated heterocycles. The number of hydrogen-bond acceptors (Lipinski definition) is 5. The van der Waals surface area contributed by atoms with E-state index in [1.54, 1.807) is 12.1 Å². The highest BCUT2D eigenvalue weighted by Gasteiger charge is 2.30. The Morgan fingerprint density at radius 1 is 1.42 bits per heavy atom. The second kappa shape index (κ2) is 6.75. The monoisotopic (exact) mass is 334 g/mol. The van der Waals surface area contributed by atoms with Crippen molar-refractivity contribution in [1.29, 1.82) is 0 Å². The quantitative estimate of drug-likeness (QED) is 0.869. The molecular formula is C15H15FN4O4. The summed E-state index contributed by atoms with van der Waals surface area (Å²) in [6.45, 7) is 0.684. The summed E-state index contributed by atoms with van der Waals surface area (Å²) in [6.07, 6.45) is 0.420. The van der Waals surface area contributed by atoms with Gasteiger partial charge in [0.1, 0.15) is 5.82 Å². The van der Waals surface area contributed by atoms with Crippen LogP contribution in [-0.2, 0) is 16.1 Å². The molecule has 1 N–H and O–H groups in total. The van der Waals surface area contributed by atoms with Crippen LogP contribution < -0.4 is 0 Å². The third-order valence-electron chi connectivity index (χ3n) is 3.62. The summed E-state index contributed by atoms with van der Waals surface area (Å²) in [4.78, 5) is 24.7. The minimum Gasteiger partial charge on any atom is -0.479 e. The number of carbonyl (C=O) groups excluding carboxylic acids is 1. The van der Waals surface area contributed by atoms with Crippen LogP contribution in [-0.4, -0.2) is 62.7 Å². The van der Waals surface area contributed by atoms with Crippen molar-refractivity contribution in [2.45, 2.75) is 12.6 Å². The van der Waals surface area contributed by atoms with Gasteiger partial charge in [-0.1, -0.05) is 17.3 Å². The van der Waals surface area contributed by atoms with E-state index in [0.29, 0.717) is 12.1 Å². The molecule has 0 aliphatic carbocycles. The lowest BCUT2D eigenvalue weighted by atomic mass is 10.2. The van der Waals surface area contributed by atoms with Crippen molar-refractivity contribution in [3.63, 3.8) is 0 Å². The Labute approximate surface area is 136 Å². The fourth-order valence-electron chi connectivity index (χ4n) is 2.44.